The molecule has 2 aliphatic rings. The Labute approximate surface area is 95.4 Å². The molecule has 5 nitrogen and oxygen atoms in total. The van der Waals surface area contributed by atoms with Crippen LogP contribution >= 0.6 is 0 Å². The molecule has 1 unspecified atom stereocenters. The van der Waals surface area contributed by atoms with Gasteiger partial charge in [0.15, 0.2) is 5.41 Å². The van der Waals surface area contributed by atoms with Gasteiger partial charge in [0.25, 0.3) is 0 Å². The third-order valence-electron chi connectivity index (χ3n) is 3.39. The molecule has 0 aromatic rings. The van der Waals surface area contributed by atoms with E-state index in [0.717, 1.165) is 19.5 Å². The van der Waals surface area contributed by atoms with Crippen molar-refractivity contribution in [2.45, 2.75) is 6.42 Å². The molecule has 16 heavy (non-hydrogen) atoms. The SMILES string of the molecule is CN1CCC(CNC(=O)C2(C#N)COC2)C1. The number of likely N-dealkylation sites (tertiary alicyclic amines) is 1. The zero-order valence-electron chi connectivity index (χ0n) is 9.53. The molecule has 0 aromatic heterocycles. The zero-order valence-corrected chi connectivity index (χ0v) is 9.53. The van der Waals surface area contributed by atoms with Crippen LogP contribution in [0.4, 0.5) is 0 Å². The first kappa shape index (κ1) is 11.4. The fourth-order valence-electron chi connectivity index (χ4n) is 2.15. The topological polar surface area (TPSA) is 65.4 Å². The summed E-state index contributed by atoms with van der Waals surface area (Å²) in [5.41, 5.74) is -0.912. The van der Waals surface area contributed by atoms with Crippen LogP contribution in [0, 0.1) is 22.7 Å². The van der Waals surface area contributed by atoms with Crippen LogP contribution in [0.5, 0.6) is 0 Å². The Balaban J connectivity index is 1.78. The molecular formula is C11H17N3O2. The Morgan fingerprint density at radius 2 is 2.44 bits per heavy atom. The second-order valence-corrected chi connectivity index (χ2v) is 4.81. The van der Waals surface area contributed by atoms with Gasteiger partial charge in [-0.3, -0.25) is 4.79 Å². The minimum atomic E-state index is -0.912. The van der Waals surface area contributed by atoms with E-state index in [-0.39, 0.29) is 19.1 Å². The fraction of sp³-hybridized carbons (Fsp3) is 0.818. The minimum absolute atomic E-state index is 0.171. The monoisotopic (exact) mass is 223 g/mol. The molecule has 0 radical (unpaired) electrons. The standard InChI is InChI=1S/C11H17N3O2/c1-14-3-2-9(5-14)4-13-10(15)11(6-12)7-16-8-11/h9H,2-5,7-8H2,1H3,(H,13,15). The Hall–Kier alpha value is -1.12. The van der Waals surface area contributed by atoms with Crippen molar-refractivity contribution in [1.29, 1.82) is 5.26 Å². The van der Waals surface area contributed by atoms with Crippen LogP contribution in [-0.2, 0) is 9.53 Å². The molecule has 5 heteroatoms. The van der Waals surface area contributed by atoms with Crippen LogP contribution in [0.2, 0.25) is 0 Å². The van der Waals surface area contributed by atoms with Crippen molar-refractivity contribution in [2.24, 2.45) is 11.3 Å². The number of amides is 1. The highest BCUT2D eigenvalue weighted by Gasteiger charge is 2.46. The van der Waals surface area contributed by atoms with Crippen molar-refractivity contribution in [3.8, 4) is 6.07 Å². The van der Waals surface area contributed by atoms with Gasteiger partial charge in [-0.25, -0.2) is 0 Å². The van der Waals surface area contributed by atoms with Gasteiger partial charge in [-0.1, -0.05) is 0 Å². The Kier molecular flexibility index (Phi) is 3.13. The van der Waals surface area contributed by atoms with Gasteiger partial charge in [-0.05, 0) is 25.9 Å². The molecule has 2 rings (SSSR count). The summed E-state index contributed by atoms with van der Waals surface area (Å²) in [6.07, 6.45) is 1.12. The van der Waals surface area contributed by atoms with Crippen LogP contribution in [0.3, 0.4) is 0 Å². The molecule has 2 heterocycles. The average Bonchev–Trinajstić information content (AvgIpc) is 2.60. The number of carbonyl (C=O) groups is 1. The summed E-state index contributed by atoms with van der Waals surface area (Å²) < 4.78 is 4.95. The van der Waals surface area contributed by atoms with E-state index in [2.05, 4.69) is 23.3 Å². The van der Waals surface area contributed by atoms with Gasteiger partial charge in [0.05, 0.1) is 19.3 Å². The highest BCUT2D eigenvalue weighted by atomic mass is 16.5. The normalized spacial score (nSPS) is 28.1. The second-order valence-electron chi connectivity index (χ2n) is 4.81. The molecule has 2 aliphatic heterocycles. The third kappa shape index (κ3) is 2.04. The summed E-state index contributed by atoms with van der Waals surface area (Å²) in [5.74, 6) is 0.349. The molecule has 0 saturated carbocycles. The maximum atomic E-state index is 11.8. The van der Waals surface area contributed by atoms with E-state index in [1.165, 1.54) is 0 Å². The Morgan fingerprint density at radius 1 is 1.69 bits per heavy atom. The number of rotatable bonds is 3. The molecule has 0 aliphatic carbocycles. The first-order valence-electron chi connectivity index (χ1n) is 5.62. The molecule has 0 spiro atoms. The number of hydrogen-bond donors (Lipinski definition) is 1. The predicted molar refractivity (Wildman–Crippen MR) is 57.5 cm³/mol. The molecule has 0 bridgehead atoms. The van der Waals surface area contributed by atoms with E-state index in [1.807, 2.05) is 0 Å². The number of carbonyl (C=O) groups excluding carboxylic acids is 1. The number of hydrogen-bond acceptors (Lipinski definition) is 4. The number of nitrogens with one attached hydrogen (secondary N) is 1. The summed E-state index contributed by atoms with van der Waals surface area (Å²) in [4.78, 5) is 14.0. The van der Waals surface area contributed by atoms with Gasteiger partial charge in [0.1, 0.15) is 0 Å². The van der Waals surface area contributed by atoms with E-state index >= 15 is 0 Å². The van der Waals surface area contributed by atoms with Crippen LogP contribution in [0.25, 0.3) is 0 Å². The van der Waals surface area contributed by atoms with Crippen molar-refractivity contribution in [2.75, 3.05) is 39.9 Å². The zero-order chi connectivity index (χ0) is 11.6. The van der Waals surface area contributed by atoms with Crippen molar-refractivity contribution in [1.82, 2.24) is 10.2 Å². The van der Waals surface area contributed by atoms with E-state index < -0.39 is 5.41 Å². The number of ether oxygens (including phenoxy) is 1. The minimum Gasteiger partial charge on any atom is -0.377 e. The van der Waals surface area contributed by atoms with E-state index in [4.69, 9.17) is 10.00 Å². The van der Waals surface area contributed by atoms with Crippen molar-refractivity contribution >= 4 is 5.91 Å². The number of nitriles is 1. The van der Waals surface area contributed by atoms with Gasteiger partial charge in [0.2, 0.25) is 5.91 Å². The first-order valence-corrected chi connectivity index (χ1v) is 5.62. The summed E-state index contributed by atoms with van der Waals surface area (Å²) in [6, 6.07) is 2.05. The van der Waals surface area contributed by atoms with Gasteiger partial charge in [0, 0.05) is 13.1 Å². The molecular weight excluding hydrogens is 206 g/mol. The van der Waals surface area contributed by atoms with E-state index in [1.54, 1.807) is 0 Å². The van der Waals surface area contributed by atoms with Gasteiger partial charge < -0.3 is 15.0 Å². The first-order chi connectivity index (χ1) is 7.66. The number of nitrogens with zero attached hydrogens (tertiary/aromatic N) is 2. The van der Waals surface area contributed by atoms with Crippen LogP contribution in [0.15, 0.2) is 0 Å². The van der Waals surface area contributed by atoms with Crippen LogP contribution in [0.1, 0.15) is 6.42 Å². The van der Waals surface area contributed by atoms with Crippen molar-refractivity contribution < 1.29 is 9.53 Å². The lowest BCUT2D eigenvalue weighted by Crippen LogP contribution is -2.53. The molecule has 2 fully saturated rings. The maximum Gasteiger partial charge on any atom is 0.245 e. The van der Waals surface area contributed by atoms with E-state index in [9.17, 15) is 4.79 Å². The molecule has 0 aromatic carbocycles. The van der Waals surface area contributed by atoms with Crippen molar-refractivity contribution in [3.05, 3.63) is 0 Å². The highest BCUT2D eigenvalue weighted by Crippen LogP contribution is 2.26. The lowest BCUT2D eigenvalue weighted by atomic mass is 9.86. The Morgan fingerprint density at radius 3 is 2.88 bits per heavy atom. The lowest BCUT2D eigenvalue weighted by molar-refractivity contribution is -0.150. The molecule has 2 saturated heterocycles. The molecule has 1 atom stereocenters. The Bertz CT molecular complexity index is 320. The second kappa shape index (κ2) is 4.40. The van der Waals surface area contributed by atoms with Crippen molar-refractivity contribution in [3.63, 3.8) is 0 Å². The van der Waals surface area contributed by atoms with Gasteiger partial charge in [-0.15, -0.1) is 0 Å². The highest BCUT2D eigenvalue weighted by molar-refractivity contribution is 5.86. The molecule has 1 N–H and O–H groups in total. The summed E-state index contributed by atoms with van der Waals surface area (Å²) in [6.45, 7) is 3.26. The van der Waals surface area contributed by atoms with Gasteiger partial charge in [-0.2, -0.15) is 5.26 Å². The van der Waals surface area contributed by atoms with Crippen LogP contribution in [-0.4, -0.2) is 50.7 Å². The summed E-state index contributed by atoms with van der Waals surface area (Å²) in [5, 5.41) is 11.8. The maximum absolute atomic E-state index is 11.8. The summed E-state index contributed by atoms with van der Waals surface area (Å²) in [7, 11) is 2.08. The lowest BCUT2D eigenvalue weighted by Gasteiger charge is -2.33. The average molecular weight is 223 g/mol. The van der Waals surface area contributed by atoms with E-state index in [0.29, 0.717) is 12.5 Å². The molecule has 1 amide bonds. The predicted octanol–water partition coefficient (Wildman–Crippen LogP) is -0.406. The summed E-state index contributed by atoms with van der Waals surface area (Å²) >= 11 is 0. The van der Waals surface area contributed by atoms with Gasteiger partial charge >= 0.3 is 0 Å². The quantitative estimate of drug-likeness (QED) is 0.706. The largest absolute Gasteiger partial charge is 0.377 e. The van der Waals surface area contributed by atoms with Crippen LogP contribution < -0.4 is 5.32 Å². The fourth-order valence-corrected chi connectivity index (χ4v) is 2.15. The smallest absolute Gasteiger partial charge is 0.245 e. The molecule has 88 valence electrons. The third-order valence-corrected chi connectivity index (χ3v) is 3.39.